The van der Waals surface area contributed by atoms with Crippen molar-refractivity contribution in [2.24, 2.45) is 0 Å². The SMILES string of the molecule is c1coc(CN2Cc3nnc(C4CCOCC4)n3C(Cc3cnc[nH]3)C2)c1. The van der Waals surface area contributed by atoms with Crippen molar-refractivity contribution in [3.8, 4) is 0 Å². The first-order valence-electron chi connectivity index (χ1n) is 9.60. The van der Waals surface area contributed by atoms with Crippen molar-refractivity contribution < 1.29 is 9.15 Å². The zero-order chi connectivity index (χ0) is 18.1. The lowest BCUT2D eigenvalue weighted by Crippen LogP contribution is -2.39. The van der Waals surface area contributed by atoms with Gasteiger partial charge in [0.15, 0.2) is 0 Å². The Kier molecular flexibility index (Phi) is 4.51. The standard InChI is InChI=1S/C19H24N6O2/c1-2-17(27-5-1)11-24-10-16(8-15-9-20-13-21-15)25-18(12-24)22-23-19(25)14-3-6-26-7-4-14/h1-2,5,9,13-14,16H,3-4,6-8,10-12H2,(H,20,21). The fraction of sp³-hybridized carbons (Fsp3) is 0.526. The molecule has 1 atom stereocenters. The molecule has 0 amide bonds. The molecular formula is C19H24N6O2. The Balaban J connectivity index is 1.44. The maximum absolute atomic E-state index is 5.55. The Hall–Kier alpha value is -2.45. The van der Waals surface area contributed by atoms with Crippen molar-refractivity contribution in [3.05, 3.63) is 54.0 Å². The second-order valence-corrected chi connectivity index (χ2v) is 7.41. The number of imidazole rings is 1. The third-order valence-corrected chi connectivity index (χ3v) is 5.55. The summed E-state index contributed by atoms with van der Waals surface area (Å²) in [5, 5.41) is 9.18. The van der Waals surface area contributed by atoms with E-state index in [0.29, 0.717) is 5.92 Å². The number of hydrogen-bond donors (Lipinski definition) is 1. The van der Waals surface area contributed by atoms with E-state index in [9.17, 15) is 0 Å². The van der Waals surface area contributed by atoms with E-state index in [1.807, 2.05) is 18.3 Å². The van der Waals surface area contributed by atoms with Gasteiger partial charge in [-0.05, 0) is 25.0 Å². The van der Waals surface area contributed by atoms with Gasteiger partial charge in [0.1, 0.15) is 17.4 Å². The van der Waals surface area contributed by atoms with Crippen LogP contribution >= 0.6 is 0 Å². The molecule has 0 saturated carbocycles. The van der Waals surface area contributed by atoms with E-state index in [1.54, 1.807) is 12.6 Å². The molecule has 2 aliphatic heterocycles. The average molecular weight is 368 g/mol. The maximum Gasteiger partial charge on any atom is 0.147 e. The van der Waals surface area contributed by atoms with Gasteiger partial charge >= 0.3 is 0 Å². The molecule has 2 aliphatic rings. The fourth-order valence-corrected chi connectivity index (χ4v) is 4.27. The number of aromatic nitrogens is 5. The van der Waals surface area contributed by atoms with E-state index in [4.69, 9.17) is 9.15 Å². The first-order chi connectivity index (χ1) is 13.4. The van der Waals surface area contributed by atoms with Crippen LogP contribution in [-0.4, -0.2) is 49.4 Å². The second-order valence-electron chi connectivity index (χ2n) is 7.41. The third kappa shape index (κ3) is 3.42. The van der Waals surface area contributed by atoms with Gasteiger partial charge in [-0.1, -0.05) is 0 Å². The van der Waals surface area contributed by atoms with Crippen LogP contribution in [0.15, 0.2) is 35.3 Å². The molecule has 1 saturated heterocycles. The molecule has 0 spiro atoms. The zero-order valence-corrected chi connectivity index (χ0v) is 15.3. The number of hydrogen-bond acceptors (Lipinski definition) is 6. The van der Waals surface area contributed by atoms with Gasteiger partial charge < -0.3 is 18.7 Å². The number of H-pyrrole nitrogens is 1. The normalized spacial score (nSPS) is 21.4. The molecule has 3 aromatic heterocycles. The minimum Gasteiger partial charge on any atom is -0.468 e. The van der Waals surface area contributed by atoms with Gasteiger partial charge in [-0.15, -0.1) is 10.2 Å². The summed E-state index contributed by atoms with van der Waals surface area (Å²) in [4.78, 5) is 9.81. The number of nitrogens with zero attached hydrogens (tertiary/aromatic N) is 5. The van der Waals surface area contributed by atoms with Gasteiger partial charge in [0.05, 0.1) is 31.7 Å². The second kappa shape index (κ2) is 7.28. The summed E-state index contributed by atoms with van der Waals surface area (Å²) in [6.45, 7) is 4.12. The lowest BCUT2D eigenvalue weighted by atomic mass is 9.98. The van der Waals surface area contributed by atoms with Crippen molar-refractivity contribution in [3.63, 3.8) is 0 Å². The quantitative estimate of drug-likeness (QED) is 0.744. The molecule has 27 heavy (non-hydrogen) atoms. The number of furan rings is 1. The number of nitrogens with one attached hydrogen (secondary N) is 1. The Morgan fingerprint density at radius 3 is 2.93 bits per heavy atom. The van der Waals surface area contributed by atoms with Gasteiger partial charge in [-0.25, -0.2) is 4.98 Å². The van der Waals surface area contributed by atoms with Crippen molar-refractivity contribution in [2.45, 2.75) is 44.3 Å². The Morgan fingerprint density at radius 2 is 2.15 bits per heavy atom. The summed E-state index contributed by atoms with van der Waals surface area (Å²) in [6, 6.07) is 4.24. The molecular weight excluding hydrogens is 344 g/mol. The summed E-state index contributed by atoms with van der Waals surface area (Å²) in [7, 11) is 0. The molecule has 5 heterocycles. The van der Waals surface area contributed by atoms with Gasteiger partial charge in [0, 0.05) is 44.0 Å². The van der Waals surface area contributed by atoms with Gasteiger partial charge in [-0.3, -0.25) is 4.90 Å². The largest absolute Gasteiger partial charge is 0.468 e. The topological polar surface area (TPSA) is 85.0 Å². The van der Waals surface area contributed by atoms with Crippen molar-refractivity contribution in [1.29, 1.82) is 0 Å². The van der Waals surface area contributed by atoms with E-state index in [-0.39, 0.29) is 6.04 Å². The third-order valence-electron chi connectivity index (χ3n) is 5.55. The molecule has 0 aliphatic carbocycles. The van der Waals surface area contributed by atoms with Crippen LogP contribution < -0.4 is 0 Å². The highest BCUT2D eigenvalue weighted by molar-refractivity contribution is 5.11. The molecule has 1 unspecified atom stereocenters. The highest BCUT2D eigenvalue weighted by atomic mass is 16.5. The summed E-state index contributed by atoms with van der Waals surface area (Å²) in [5.41, 5.74) is 1.14. The van der Waals surface area contributed by atoms with Crippen LogP contribution in [0, 0.1) is 0 Å². The number of aromatic amines is 1. The molecule has 0 aromatic carbocycles. The van der Waals surface area contributed by atoms with Crippen molar-refractivity contribution in [1.82, 2.24) is 29.6 Å². The Labute approximate surface area is 157 Å². The first kappa shape index (κ1) is 16.7. The Bertz CT molecular complexity index is 851. The van der Waals surface area contributed by atoms with Crippen LogP contribution in [0.4, 0.5) is 0 Å². The number of ether oxygens (including phenoxy) is 1. The zero-order valence-electron chi connectivity index (χ0n) is 15.3. The van der Waals surface area contributed by atoms with E-state index in [1.165, 1.54) is 0 Å². The van der Waals surface area contributed by atoms with Gasteiger partial charge in [0.2, 0.25) is 0 Å². The van der Waals surface area contributed by atoms with Crippen LogP contribution in [0.2, 0.25) is 0 Å². The lowest BCUT2D eigenvalue weighted by Gasteiger charge is -2.35. The molecule has 5 rings (SSSR count). The molecule has 1 fully saturated rings. The molecule has 0 radical (unpaired) electrons. The minimum atomic E-state index is 0.275. The number of rotatable bonds is 5. The lowest BCUT2D eigenvalue weighted by molar-refractivity contribution is 0.0808. The van der Waals surface area contributed by atoms with Gasteiger partial charge in [0.25, 0.3) is 0 Å². The fourth-order valence-electron chi connectivity index (χ4n) is 4.27. The molecule has 142 valence electrons. The van der Waals surface area contributed by atoms with E-state index in [0.717, 1.165) is 75.2 Å². The van der Waals surface area contributed by atoms with Crippen molar-refractivity contribution >= 4 is 0 Å². The Morgan fingerprint density at radius 1 is 1.22 bits per heavy atom. The maximum atomic E-state index is 5.55. The molecule has 0 bridgehead atoms. The predicted molar refractivity (Wildman–Crippen MR) is 97.0 cm³/mol. The summed E-state index contributed by atoms with van der Waals surface area (Å²) < 4.78 is 13.5. The van der Waals surface area contributed by atoms with Crippen LogP contribution in [0.3, 0.4) is 0 Å². The molecule has 8 nitrogen and oxygen atoms in total. The number of fused-ring (bicyclic) bond motifs is 1. The highest BCUT2D eigenvalue weighted by Crippen LogP contribution is 2.32. The minimum absolute atomic E-state index is 0.275. The monoisotopic (exact) mass is 368 g/mol. The smallest absolute Gasteiger partial charge is 0.147 e. The summed E-state index contributed by atoms with van der Waals surface area (Å²) >= 11 is 0. The molecule has 8 heteroatoms. The summed E-state index contributed by atoms with van der Waals surface area (Å²) in [5.74, 6) is 3.57. The molecule has 1 N–H and O–H groups in total. The van der Waals surface area contributed by atoms with Crippen LogP contribution in [0.25, 0.3) is 0 Å². The van der Waals surface area contributed by atoms with E-state index >= 15 is 0 Å². The van der Waals surface area contributed by atoms with Gasteiger partial charge in [-0.2, -0.15) is 0 Å². The highest BCUT2D eigenvalue weighted by Gasteiger charge is 2.33. The van der Waals surface area contributed by atoms with Crippen molar-refractivity contribution in [2.75, 3.05) is 19.8 Å². The molecule has 3 aromatic rings. The summed E-state index contributed by atoms with van der Waals surface area (Å²) in [6.07, 6.45) is 8.30. The van der Waals surface area contributed by atoms with E-state index in [2.05, 4.69) is 29.6 Å². The van der Waals surface area contributed by atoms with E-state index < -0.39 is 0 Å². The predicted octanol–water partition coefficient (Wildman–Crippen LogP) is 2.29. The van der Waals surface area contributed by atoms with Crippen LogP contribution in [0.5, 0.6) is 0 Å². The van der Waals surface area contributed by atoms with Crippen LogP contribution in [0.1, 0.15) is 47.9 Å². The average Bonchev–Trinajstić information content (AvgIpc) is 3.44. The van der Waals surface area contributed by atoms with Crippen LogP contribution in [-0.2, 0) is 24.2 Å². The first-order valence-corrected chi connectivity index (χ1v) is 9.60.